The number of amides is 2. The third kappa shape index (κ3) is 7.33. The van der Waals surface area contributed by atoms with E-state index >= 15 is 0 Å². The van der Waals surface area contributed by atoms with Crippen LogP contribution in [-0.2, 0) is 16.0 Å². The highest BCUT2D eigenvalue weighted by molar-refractivity contribution is 5.94. The number of ether oxygens (including phenoxy) is 1. The molecule has 0 aromatic heterocycles. The maximum Gasteiger partial charge on any atom is 0.251 e. The largest absolute Gasteiger partial charge is 0.394 e. The molecule has 2 aromatic carbocycles. The number of methoxy groups -OCH3 is 1. The Balaban J connectivity index is 2.02. The zero-order valence-corrected chi connectivity index (χ0v) is 16.8. The van der Waals surface area contributed by atoms with Gasteiger partial charge in [-0.2, -0.15) is 0 Å². The zero-order valence-electron chi connectivity index (χ0n) is 16.8. The molecule has 0 aliphatic rings. The Labute approximate surface area is 176 Å². The summed E-state index contributed by atoms with van der Waals surface area (Å²) >= 11 is 0. The fraction of sp³-hybridized carbons (Fsp3) is 0.304. The number of hydroxylamine groups is 1. The predicted molar refractivity (Wildman–Crippen MR) is 112 cm³/mol. The molecule has 2 rings (SSSR count). The van der Waals surface area contributed by atoms with Crippen LogP contribution in [0.3, 0.4) is 0 Å². The van der Waals surface area contributed by atoms with Crippen molar-refractivity contribution >= 4 is 11.8 Å². The molecule has 0 aliphatic heterocycles. The number of nitrogens with one attached hydrogen (secondary N) is 2. The average Bonchev–Trinajstić information content (AvgIpc) is 2.78. The van der Waals surface area contributed by atoms with E-state index in [1.165, 1.54) is 0 Å². The molecule has 2 atom stereocenters. The lowest BCUT2D eigenvalue weighted by atomic mass is 9.92. The van der Waals surface area contributed by atoms with Crippen molar-refractivity contribution < 1.29 is 24.6 Å². The zero-order chi connectivity index (χ0) is 21.8. The number of aliphatic hydroxyl groups is 1. The standard InChI is InChI=1S/C23H26N2O5/c1-30-13-5-8-17-9-11-19(12-10-17)22(27)24-21(16-26)15-20(23(28)25-29)14-18-6-3-2-4-7-18/h2-4,6-7,9-12,20-21,26,29H,13-16H2,1H3,(H,24,27)(H,25,28). The lowest BCUT2D eigenvalue weighted by Gasteiger charge is -2.22. The van der Waals surface area contributed by atoms with Gasteiger partial charge in [0.2, 0.25) is 5.91 Å². The first-order chi connectivity index (χ1) is 14.6. The first-order valence-corrected chi connectivity index (χ1v) is 9.54. The molecule has 0 fully saturated rings. The van der Waals surface area contributed by atoms with Gasteiger partial charge in [-0.3, -0.25) is 14.8 Å². The van der Waals surface area contributed by atoms with Gasteiger partial charge in [0, 0.05) is 24.2 Å². The van der Waals surface area contributed by atoms with Crippen LogP contribution in [0.25, 0.3) is 0 Å². The number of hydrogen-bond donors (Lipinski definition) is 4. The summed E-state index contributed by atoms with van der Waals surface area (Å²) in [6, 6.07) is 15.4. The van der Waals surface area contributed by atoms with E-state index in [9.17, 15) is 14.7 Å². The Hall–Kier alpha value is -3.18. The Morgan fingerprint density at radius 1 is 1.10 bits per heavy atom. The number of carbonyl (C=O) groups is 2. The summed E-state index contributed by atoms with van der Waals surface area (Å²) in [5.41, 5.74) is 3.76. The minimum Gasteiger partial charge on any atom is -0.394 e. The second-order valence-electron chi connectivity index (χ2n) is 6.76. The minimum atomic E-state index is -0.648. The molecular weight excluding hydrogens is 384 g/mol. The predicted octanol–water partition coefficient (Wildman–Crippen LogP) is 1.53. The summed E-state index contributed by atoms with van der Waals surface area (Å²) in [6.07, 6.45) is 0.540. The molecule has 7 heteroatoms. The van der Waals surface area contributed by atoms with E-state index in [-0.39, 0.29) is 18.9 Å². The highest BCUT2D eigenvalue weighted by Crippen LogP contribution is 2.15. The van der Waals surface area contributed by atoms with Crippen molar-refractivity contribution in [3.8, 4) is 11.8 Å². The quantitative estimate of drug-likeness (QED) is 0.285. The topological polar surface area (TPSA) is 108 Å². The second kappa shape index (κ2) is 12.4. The number of carbonyl (C=O) groups excluding carboxylic acids is 2. The van der Waals surface area contributed by atoms with Gasteiger partial charge < -0.3 is 15.2 Å². The molecule has 0 saturated carbocycles. The van der Waals surface area contributed by atoms with E-state index < -0.39 is 17.9 Å². The van der Waals surface area contributed by atoms with E-state index in [0.29, 0.717) is 18.6 Å². The van der Waals surface area contributed by atoms with E-state index in [1.807, 2.05) is 30.3 Å². The molecule has 0 spiro atoms. The molecular formula is C23H26N2O5. The van der Waals surface area contributed by atoms with Gasteiger partial charge in [-0.05, 0) is 42.7 Å². The SMILES string of the molecule is COCC#Cc1ccc(C(=O)NC(CO)CC(Cc2ccccc2)C(=O)NO)cc1. The van der Waals surface area contributed by atoms with Gasteiger partial charge in [0.1, 0.15) is 6.61 Å². The average molecular weight is 410 g/mol. The van der Waals surface area contributed by atoms with Gasteiger partial charge in [0.15, 0.2) is 0 Å². The molecule has 2 amide bonds. The lowest BCUT2D eigenvalue weighted by molar-refractivity contribution is -0.133. The highest BCUT2D eigenvalue weighted by atomic mass is 16.5. The highest BCUT2D eigenvalue weighted by Gasteiger charge is 2.24. The normalized spacial score (nSPS) is 12.2. The second-order valence-corrected chi connectivity index (χ2v) is 6.76. The molecule has 0 saturated heterocycles. The molecule has 158 valence electrons. The number of hydrogen-bond acceptors (Lipinski definition) is 5. The third-order valence-corrected chi connectivity index (χ3v) is 4.53. The van der Waals surface area contributed by atoms with E-state index in [4.69, 9.17) is 9.94 Å². The van der Waals surface area contributed by atoms with Crippen molar-refractivity contribution in [1.29, 1.82) is 0 Å². The van der Waals surface area contributed by atoms with Crippen LogP contribution in [0, 0.1) is 17.8 Å². The Morgan fingerprint density at radius 2 is 1.80 bits per heavy atom. The molecule has 2 aromatic rings. The number of rotatable bonds is 9. The molecule has 30 heavy (non-hydrogen) atoms. The Kier molecular flexibility index (Phi) is 9.55. The monoisotopic (exact) mass is 410 g/mol. The minimum absolute atomic E-state index is 0.171. The van der Waals surface area contributed by atoms with Crippen LogP contribution in [0.4, 0.5) is 0 Å². The van der Waals surface area contributed by atoms with Gasteiger partial charge in [-0.15, -0.1) is 0 Å². The van der Waals surface area contributed by atoms with E-state index in [2.05, 4.69) is 17.2 Å². The van der Waals surface area contributed by atoms with Crippen LogP contribution >= 0.6 is 0 Å². The first kappa shape index (κ1) is 23.1. The molecule has 7 nitrogen and oxygen atoms in total. The van der Waals surface area contributed by atoms with Gasteiger partial charge in [0.25, 0.3) is 5.91 Å². The molecule has 4 N–H and O–H groups in total. The van der Waals surface area contributed by atoms with Crippen molar-refractivity contribution in [2.45, 2.75) is 18.9 Å². The van der Waals surface area contributed by atoms with Crippen LogP contribution in [0.5, 0.6) is 0 Å². The van der Waals surface area contributed by atoms with Crippen molar-refractivity contribution in [2.24, 2.45) is 5.92 Å². The third-order valence-electron chi connectivity index (χ3n) is 4.53. The van der Waals surface area contributed by atoms with Crippen LogP contribution in [0.2, 0.25) is 0 Å². The van der Waals surface area contributed by atoms with Crippen molar-refractivity contribution in [3.05, 3.63) is 71.3 Å². The fourth-order valence-electron chi connectivity index (χ4n) is 2.98. The van der Waals surface area contributed by atoms with Gasteiger partial charge in [-0.25, -0.2) is 5.48 Å². The smallest absolute Gasteiger partial charge is 0.251 e. The number of benzene rings is 2. The summed E-state index contributed by atoms with van der Waals surface area (Å²) in [5.74, 6) is 4.20. The van der Waals surface area contributed by atoms with Crippen molar-refractivity contribution in [3.63, 3.8) is 0 Å². The summed E-state index contributed by atoms with van der Waals surface area (Å²) < 4.78 is 4.87. The number of aliphatic hydroxyl groups excluding tert-OH is 1. The van der Waals surface area contributed by atoms with Crippen LogP contribution in [0.1, 0.15) is 27.9 Å². The van der Waals surface area contributed by atoms with Crippen LogP contribution in [0.15, 0.2) is 54.6 Å². The Bertz CT molecular complexity index is 872. The van der Waals surface area contributed by atoms with Crippen LogP contribution in [-0.4, -0.2) is 48.5 Å². The van der Waals surface area contributed by atoms with Gasteiger partial charge >= 0.3 is 0 Å². The molecule has 0 radical (unpaired) electrons. The Morgan fingerprint density at radius 3 is 2.40 bits per heavy atom. The summed E-state index contributed by atoms with van der Waals surface area (Å²) in [7, 11) is 1.56. The molecule has 0 heterocycles. The van der Waals surface area contributed by atoms with E-state index in [1.54, 1.807) is 36.9 Å². The molecule has 0 bridgehead atoms. The summed E-state index contributed by atoms with van der Waals surface area (Å²) in [6.45, 7) is -0.0116. The maximum absolute atomic E-state index is 12.5. The van der Waals surface area contributed by atoms with Gasteiger partial charge in [0.05, 0.1) is 12.6 Å². The lowest BCUT2D eigenvalue weighted by Crippen LogP contribution is -2.42. The van der Waals surface area contributed by atoms with Gasteiger partial charge in [-0.1, -0.05) is 42.2 Å². The molecule has 0 aliphatic carbocycles. The summed E-state index contributed by atoms with van der Waals surface area (Å²) in [5, 5.41) is 21.5. The first-order valence-electron chi connectivity index (χ1n) is 9.54. The molecule has 2 unspecified atom stereocenters. The summed E-state index contributed by atoms with van der Waals surface area (Å²) in [4.78, 5) is 24.6. The van der Waals surface area contributed by atoms with E-state index in [0.717, 1.165) is 11.1 Å². The van der Waals surface area contributed by atoms with Crippen LogP contribution < -0.4 is 10.8 Å². The van der Waals surface area contributed by atoms with Crippen molar-refractivity contribution in [1.82, 2.24) is 10.8 Å². The fourth-order valence-corrected chi connectivity index (χ4v) is 2.98. The maximum atomic E-state index is 12.5. The van der Waals surface area contributed by atoms with Crippen molar-refractivity contribution in [2.75, 3.05) is 20.3 Å².